The number of aromatic nitrogens is 2. The van der Waals surface area contributed by atoms with E-state index in [0.29, 0.717) is 6.54 Å². The second-order valence-electron chi connectivity index (χ2n) is 3.43. The van der Waals surface area contributed by atoms with Crippen LogP contribution in [0, 0.1) is 0 Å². The summed E-state index contributed by atoms with van der Waals surface area (Å²) in [7, 11) is 0. The van der Waals surface area contributed by atoms with Crippen LogP contribution in [0.25, 0.3) is 10.1 Å². The number of thiazole rings is 1. The topological polar surface area (TPSA) is 34.9 Å². The molecule has 0 aromatic carbocycles. The van der Waals surface area contributed by atoms with E-state index in [4.69, 9.17) is 0 Å². The van der Waals surface area contributed by atoms with Gasteiger partial charge in [-0.25, -0.2) is 4.98 Å². The van der Waals surface area contributed by atoms with Gasteiger partial charge >= 0.3 is 0 Å². The molecule has 3 rings (SSSR count). The van der Waals surface area contributed by atoms with Crippen LogP contribution in [0.1, 0.15) is 5.69 Å². The summed E-state index contributed by atoms with van der Waals surface area (Å²) < 4.78 is 2.74. The molecule has 3 aromatic rings. The zero-order chi connectivity index (χ0) is 11.0. The second-order valence-corrected chi connectivity index (χ2v) is 5.09. The molecular formula is C11H8N2OS2. The first-order valence-corrected chi connectivity index (χ1v) is 6.60. The van der Waals surface area contributed by atoms with E-state index < -0.39 is 0 Å². The molecule has 0 aliphatic rings. The van der Waals surface area contributed by atoms with E-state index in [0.717, 1.165) is 15.8 Å². The minimum atomic E-state index is 0.0618. The van der Waals surface area contributed by atoms with Gasteiger partial charge in [-0.05, 0) is 17.5 Å². The van der Waals surface area contributed by atoms with E-state index in [-0.39, 0.29) is 5.56 Å². The van der Waals surface area contributed by atoms with Gasteiger partial charge in [0, 0.05) is 16.3 Å². The molecule has 0 radical (unpaired) electrons. The summed E-state index contributed by atoms with van der Waals surface area (Å²) in [5, 5.41) is 4.70. The normalized spacial score (nSPS) is 11.0. The highest BCUT2D eigenvalue weighted by molar-refractivity contribution is 7.17. The quantitative estimate of drug-likeness (QED) is 0.698. The van der Waals surface area contributed by atoms with Gasteiger partial charge in [0.1, 0.15) is 0 Å². The minimum Gasteiger partial charge on any atom is -0.309 e. The van der Waals surface area contributed by atoms with Crippen LogP contribution in [0.2, 0.25) is 0 Å². The van der Waals surface area contributed by atoms with Crippen LogP contribution < -0.4 is 5.56 Å². The lowest BCUT2D eigenvalue weighted by Crippen LogP contribution is -2.19. The molecule has 0 saturated carbocycles. The molecule has 0 atom stereocenters. The van der Waals surface area contributed by atoms with Crippen molar-refractivity contribution in [3.05, 3.63) is 50.6 Å². The molecule has 0 aliphatic heterocycles. The van der Waals surface area contributed by atoms with Crippen molar-refractivity contribution >= 4 is 32.8 Å². The lowest BCUT2D eigenvalue weighted by Gasteiger charge is -2.02. The fraction of sp³-hybridized carbons (Fsp3) is 0.0909. The minimum absolute atomic E-state index is 0.0618. The van der Waals surface area contributed by atoms with E-state index in [1.54, 1.807) is 32.8 Å². The number of pyridine rings is 1. The van der Waals surface area contributed by atoms with Crippen LogP contribution in [-0.2, 0) is 6.54 Å². The van der Waals surface area contributed by atoms with E-state index in [9.17, 15) is 4.79 Å². The van der Waals surface area contributed by atoms with Gasteiger partial charge < -0.3 is 4.57 Å². The van der Waals surface area contributed by atoms with Gasteiger partial charge in [-0.2, -0.15) is 0 Å². The molecule has 0 aliphatic carbocycles. The number of thiophene rings is 1. The Bertz CT molecular complexity index is 667. The van der Waals surface area contributed by atoms with Crippen molar-refractivity contribution in [1.82, 2.24) is 9.55 Å². The fourth-order valence-corrected chi connectivity index (χ4v) is 2.94. The molecule has 0 amide bonds. The first-order chi connectivity index (χ1) is 7.84. The van der Waals surface area contributed by atoms with Crippen LogP contribution in [-0.4, -0.2) is 9.55 Å². The zero-order valence-corrected chi connectivity index (χ0v) is 9.92. The number of hydrogen-bond donors (Lipinski definition) is 0. The Hall–Kier alpha value is -1.46. The molecule has 16 heavy (non-hydrogen) atoms. The molecule has 0 unspecified atom stereocenters. The SMILES string of the molecule is O=c1c2ccsc2ccn1Cc1cscn1. The third kappa shape index (κ3) is 1.58. The predicted octanol–water partition coefficient (Wildman–Crippen LogP) is 2.57. The van der Waals surface area contributed by atoms with Gasteiger partial charge in [-0.15, -0.1) is 22.7 Å². The van der Waals surface area contributed by atoms with Crippen molar-refractivity contribution in [2.75, 3.05) is 0 Å². The third-order valence-electron chi connectivity index (χ3n) is 2.41. The monoisotopic (exact) mass is 248 g/mol. The van der Waals surface area contributed by atoms with Gasteiger partial charge in [0.15, 0.2) is 0 Å². The predicted molar refractivity (Wildman–Crippen MR) is 67.3 cm³/mol. The van der Waals surface area contributed by atoms with Crippen LogP contribution >= 0.6 is 22.7 Å². The molecular weight excluding hydrogens is 240 g/mol. The summed E-state index contributed by atoms with van der Waals surface area (Å²) in [6.45, 7) is 0.550. The maximum atomic E-state index is 12.1. The standard InChI is InChI=1S/C11H8N2OS2/c14-11-9-2-4-16-10(9)1-3-13(11)5-8-6-15-7-12-8/h1-4,6-7H,5H2. The Kier molecular flexibility index (Phi) is 2.34. The largest absolute Gasteiger partial charge is 0.309 e. The highest BCUT2D eigenvalue weighted by Crippen LogP contribution is 2.16. The highest BCUT2D eigenvalue weighted by Gasteiger charge is 2.04. The fourth-order valence-electron chi connectivity index (χ4n) is 1.62. The highest BCUT2D eigenvalue weighted by atomic mass is 32.1. The second kappa shape index (κ2) is 3.84. The van der Waals surface area contributed by atoms with Crippen molar-refractivity contribution < 1.29 is 0 Å². The maximum absolute atomic E-state index is 12.1. The van der Waals surface area contributed by atoms with E-state index in [1.807, 2.05) is 29.1 Å². The molecule has 3 aromatic heterocycles. The average Bonchev–Trinajstić information content (AvgIpc) is 2.93. The summed E-state index contributed by atoms with van der Waals surface area (Å²) in [5.74, 6) is 0. The molecule has 0 saturated heterocycles. The summed E-state index contributed by atoms with van der Waals surface area (Å²) in [5.41, 5.74) is 2.78. The van der Waals surface area contributed by atoms with E-state index in [2.05, 4.69) is 4.98 Å². The van der Waals surface area contributed by atoms with Crippen LogP contribution in [0.15, 0.2) is 39.4 Å². The van der Waals surface area contributed by atoms with Gasteiger partial charge in [0.25, 0.3) is 5.56 Å². The van der Waals surface area contributed by atoms with Gasteiger partial charge in [0.05, 0.1) is 23.1 Å². The summed E-state index contributed by atoms with van der Waals surface area (Å²) in [4.78, 5) is 16.2. The Morgan fingerprint density at radius 3 is 3.12 bits per heavy atom. The van der Waals surface area contributed by atoms with Crippen LogP contribution in [0.3, 0.4) is 0 Å². The van der Waals surface area contributed by atoms with E-state index >= 15 is 0 Å². The van der Waals surface area contributed by atoms with Gasteiger partial charge in [0.2, 0.25) is 0 Å². The summed E-state index contributed by atoms with van der Waals surface area (Å²) >= 11 is 3.14. The molecule has 0 fully saturated rings. The first kappa shape index (κ1) is 9.74. The Morgan fingerprint density at radius 1 is 1.38 bits per heavy atom. The summed E-state index contributed by atoms with van der Waals surface area (Å²) in [6.07, 6.45) is 1.83. The number of rotatable bonds is 2. The van der Waals surface area contributed by atoms with Crippen molar-refractivity contribution in [3.63, 3.8) is 0 Å². The molecule has 0 bridgehead atoms. The smallest absolute Gasteiger partial charge is 0.259 e. The van der Waals surface area contributed by atoms with Crippen molar-refractivity contribution in [2.45, 2.75) is 6.54 Å². The number of hydrogen-bond acceptors (Lipinski definition) is 4. The molecule has 3 heterocycles. The van der Waals surface area contributed by atoms with Crippen molar-refractivity contribution in [2.24, 2.45) is 0 Å². The third-order valence-corrected chi connectivity index (χ3v) is 3.93. The molecule has 5 heteroatoms. The number of fused-ring (bicyclic) bond motifs is 1. The molecule has 0 spiro atoms. The Balaban J connectivity index is 2.10. The Morgan fingerprint density at radius 2 is 2.31 bits per heavy atom. The van der Waals surface area contributed by atoms with Crippen LogP contribution in [0.4, 0.5) is 0 Å². The van der Waals surface area contributed by atoms with E-state index in [1.165, 1.54) is 0 Å². The maximum Gasteiger partial charge on any atom is 0.259 e. The molecule has 80 valence electrons. The average molecular weight is 248 g/mol. The van der Waals surface area contributed by atoms with Crippen molar-refractivity contribution in [3.8, 4) is 0 Å². The van der Waals surface area contributed by atoms with Crippen molar-refractivity contribution in [1.29, 1.82) is 0 Å². The Labute approximate surface area is 99.6 Å². The zero-order valence-electron chi connectivity index (χ0n) is 8.29. The van der Waals surface area contributed by atoms with Gasteiger partial charge in [-0.3, -0.25) is 4.79 Å². The van der Waals surface area contributed by atoms with Crippen LogP contribution in [0.5, 0.6) is 0 Å². The molecule has 0 N–H and O–H groups in total. The van der Waals surface area contributed by atoms with Gasteiger partial charge in [-0.1, -0.05) is 0 Å². The lowest BCUT2D eigenvalue weighted by atomic mass is 10.3. The number of nitrogens with zero attached hydrogens (tertiary/aromatic N) is 2. The lowest BCUT2D eigenvalue weighted by molar-refractivity contribution is 0.752. The summed E-state index contributed by atoms with van der Waals surface area (Å²) in [6, 6.07) is 3.85. The molecule has 3 nitrogen and oxygen atoms in total. The first-order valence-electron chi connectivity index (χ1n) is 4.78.